The predicted octanol–water partition coefficient (Wildman–Crippen LogP) is 5.14. The number of carbonyl (C=O) groups is 1. The van der Waals surface area contributed by atoms with Gasteiger partial charge in [0, 0.05) is 41.1 Å². The lowest BCUT2D eigenvalue weighted by Gasteiger charge is -2.06. The zero-order valence-corrected chi connectivity index (χ0v) is 22.9. The number of nitrogens with zero attached hydrogens (tertiary/aromatic N) is 5. The zero-order valence-electron chi connectivity index (χ0n) is 22.9. The third kappa shape index (κ3) is 6.91. The van der Waals surface area contributed by atoms with Gasteiger partial charge in [0.05, 0.1) is 23.4 Å². The predicted molar refractivity (Wildman–Crippen MR) is 158 cm³/mol. The lowest BCUT2D eigenvalue weighted by Crippen LogP contribution is -2.27. The van der Waals surface area contributed by atoms with Crippen molar-refractivity contribution >= 4 is 22.8 Å². The molecular formula is C31H36N8O. The van der Waals surface area contributed by atoms with E-state index in [1.54, 1.807) is 4.68 Å². The summed E-state index contributed by atoms with van der Waals surface area (Å²) in [5.41, 5.74) is 12.7. The van der Waals surface area contributed by atoms with Crippen molar-refractivity contribution in [1.29, 1.82) is 0 Å². The molecule has 0 radical (unpaired) electrons. The number of benzene rings is 2. The molecule has 0 saturated heterocycles. The normalized spacial score (nSPS) is 11.2. The molecule has 0 fully saturated rings. The van der Waals surface area contributed by atoms with E-state index in [1.165, 1.54) is 12.0 Å². The molecule has 0 spiro atoms. The SMILES string of the molecule is CCCCc1ccc(C(=O)NCCn2cc(CCCCc3[nH]c(N)nc3-c3cnc4ccccc4c3)nn2)cc1. The van der Waals surface area contributed by atoms with Gasteiger partial charge in [0.25, 0.3) is 5.91 Å². The molecule has 0 unspecified atom stereocenters. The molecule has 0 aliphatic rings. The Hall–Kier alpha value is -4.53. The molecule has 2 aromatic carbocycles. The summed E-state index contributed by atoms with van der Waals surface area (Å²) >= 11 is 0. The fourth-order valence-corrected chi connectivity index (χ4v) is 4.81. The number of nitrogen functional groups attached to an aromatic ring is 1. The number of hydrogen-bond acceptors (Lipinski definition) is 6. The third-order valence-corrected chi connectivity index (χ3v) is 7.02. The topological polar surface area (TPSA) is 127 Å². The van der Waals surface area contributed by atoms with E-state index in [-0.39, 0.29) is 5.91 Å². The van der Waals surface area contributed by atoms with Gasteiger partial charge in [-0.25, -0.2) is 4.98 Å². The summed E-state index contributed by atoms with van der Waals surface area (Å²) in [5.74, 6) is 0.345. The number of hydrogen-bond donors (Lipinski definition) is 3. The first-order valence-electron chi connectivity index (χ1n) is 14.0. The Morgan fingerprint density at radius 2 is 1.85 bits per heavy atom. The first-order valence-corrected chi connectivity index (χ1v) is 14.0. The Balaban J connectivity index is 1.06. The summed E-state index contributed by atoms with van der Waals surface area (Å²) in [6, 6.07) is 18.0. The lowest BCUT2D eigenvalue weighted by molar-refractivity contribution is 0.0952. The smallest absolute Gasteiger partial charge is 0.251 e. The number of carbonyl (C=O) groups excluding carboxylic acids is 1. The molecule has 9 nitrogen and oxygen atoms in total. The van der Waals surface area contributed by atoms with E-state index in [0.29, 0.717) is 24.6 Å². The monoisotopic (exact) mass is 536 g/mol. The number of anilines is 1. The van der Waals surface area contributed by atoms with Crippen LogP contribution in [0.25, 0.3) is 22.2 Å². The van der Waals surface area contributed by atoms with Crippen molar-refractivity contribution in [2.24, 2.45) is 0 Å². The van der Waals surface area contributed by atoms with Gasteiger partial charge in [-0.15, -0.1) is 5.10 Å². The summed E-state index contributed by atoms with van der Waals surface area (Å²) in [7, 11) is 0. The lowest BCUT2D eigenvalue weighted by atomic mass is 10.1. The van der Waals surface area contributed by atoms with Crippen molar-refractivity contribution in [2.45, 2.75) is 58.4 Å². The molecule has 0 aliphatic heterocycles. The number of H-pyrrole nitrogens is 1. The maximum absolute atomic E-state index is 12.5. The van der Waals surface area contributed by atoms with Crippen molar-refractivity contribution in [3.8, 4) is 11.3 Å². The van der Waals surface area contributed by atoms with Gasteiger partial charge in [-0.2, -0.15) is 0 Å². The quantitative estimate of drug-likeness (QED) is 0.179. The minimum absolute atomic E-state index is 0.0688. The second kappa shape index (κ2) is 13.0. The Bertz CT molecular complexity index is 1550. The number of nitrogens with two attached hydrogens (primary N) is 1. The molecule has 0 atom stereocenters. The van der Waals surface area contributed by atoms with Gasteiger partial charge in [-0.3, -0.25) is 14.5 Å². The van der Waals surface area contributed by atoms with Crippen LogP contribution in [-0.2, 0) is 25.8 Å². The highest BCUT2D eigenvalue weighted by Gasteiger charge is 2.13. The number of aryl methyl sites for hydroxylation is 3. The van der Waals surface area contributed by atoms with Crippen molar-refractivity contribution in [2.75, 3.05) is 12.3 Å². The molecule has 0 bridgehead atoms. The van der Waals surface area contributed by atoms with E-state index < -0.39 is 0 Å². The van der Waals surface area contributed by atoms with Crippen LogP contribution in [0.5, 0.6) is 0 Å². The van der Waals surface area contributed by atoms with Gasteiger partial charge in [0.1, 0.15) is 0 Å². The molecular weight excluding hydrogens is 500 g/mol. The highest BCUT2D eigenvalue weighted by molar-refractivity contribution is 5.94. The van der Waals surface area contributed by atoms with Crippen LogP contribution < -0.4 is 11.1 Å². The second-order valence-corrected chi connectivity index (χ2v) is 10.1. The number of pyridine rings is 1. The zero-order chi connectivity index (χ0) is 27.7. The third-order valence-electron chi connectivity index (χ3n) is 7.02. The van der Waals surface area contributed by atoms with E-state index in [0.717, 1.165) is 72.1 Å². The van der Waals surface area contributed by atoms with Crippen LogP contribution >= 0.6 is 0 Å². The van der Waals surface area contributed by atoms with E-state index >= 15 is 0 Å². The van der Waals surface area contributed by atoms with Crippen molar-refractivity contribution in [3.05, 3.63) is 89.5 Å². The Kier molecular flexibility index (Phi) is 8.80. The Morgan fingerprint density at radius 3 is 2.70 bits per heavy atom. The molecule has 5 aromatic rings. The van der Waals surface area contributed by atoms with E-state index in [1.807, 2.05) is 54.9 Å². The van der Waals surface area contributed by atoms with Crippen LogP contribution in [-0.4, -0.2) is 42.4 Å². The number of aromatic nitrogens is 6. The summed E-state index contributed by atoms with van der Waals surface area (Å²) in [6.07, 6.45) is 10.7. The molecule has 0 aliphatic carbocycles. The van der Waals surface area contributed by atoms with Crippen LogP contribution in [0.1, 0.15) is 59.9 Å². The number of imidazole rings is 1. The van der Waals surface area contributed by atoms with Gasteiger partial charge < -0.3 is 16.0 Å². The minimum Gasteiger partial charge on any atom is -0.369 e. The van der Waals surface area contributed by atoms with Gasteiger partial charge in [0.2, 0.25) is 0 Å². The molecule has 9 heteroatoms. The number of unbranched alkanes of at least 4 members (excludes halogenated alkanes) is 2. The highest BCUT2D eigenvalue weighted by Crippen LogP contribution is 2.26. The van der Waals surface area contributed by atoms with E-state index in [9.17, 15) is 4.79 Å². The van der Waals surface area contributed by atoms with Gasteiger partial charge >= 0.3 is 0 Å². The molecule has 3 heterocycles. The van der Waals surface area contributed by atoms with E-state index in [4.69, 9.17) is 5.73 Å². The fourth-order valence-electron chi connectivity index (χ4n) is 4.81. The van der Waals surface area contributed by atoms with Crippen LogP contribution in [0.4, 0.5) is 5.95 Å². The van der Waals surface area contributed by atoms with Crippen LogP contribution in [0.15, 0.2) is 67.0 Å². The number of rotatable bonds is 13. The van der Waals surface area contributed by atoms with E-state index in [2.05, 4.69) is 49.6 Å². The minimum atomic E-state index is -0.0688. The molecule has 40 heavy (non-hydrogen) atoms. The van der Waals surface area contributed by atoms with Crippen LogP contribution in [0.2, 0.25) is 0 Å². The average molecular weight is 537 g/mol. The van der Waals surface area contributed by atoms with Crippen molar-refractivity contribution in [3.63, 3.8) is 0 Å². The molecule has 206 valence electrons. The number of nitrogens with one attached hydrogen (secondary N) is 2. The first kappa shape index (κ1) is 27.1. The molecule has 5 rings (SSSR count). The summed E-state index contributed by atoms with van der Waals surface area (Å²) in [5, 5.41) is 12.6. The maximum atomic E-state index is 12.5. The number of para-hydroxylation sites is 1. The fraction of sp³-hybridized carbons (Fsp3) is 0.323. The van der Waals surface area contributed by atoms with Crippen LogP contribution in [0, 0.1) is 0 Å². The second-order valence-electron chi connectivity index (χ2n) is 10.1. The van der Waals surface area contributed by atoms with Gasteiger partial charge in [0.15, 0.2) is 5.95 Å². The first-order chi connectivity index (χ1) is 19.6. The van der Waals surface area contributed by atoms with Crippen molar-refractivity contribution in [1.82, 2.24) is 35.3 Å². The number of amides is 1. The van der Waals surface area contributed by atoms with Gasteiger partial charge in [-0.05, 0) is 68.4 Å². The standard InChI is InChI=1S/C31H36N8O/c1-2-3-8-22-13-15-23(16-14-22)30(40)33-17-18-39-21-26(37-38-39)10-5-7-12-28-29(36-31(32)35-28)25-19-24-9-4-6-11-27(24)34-20-25/h4,6,9,11,13-16,19-21H,2-3,5,7-8,10,12,17-18H2,1H3,(H,33,40)(H3,32,35,36). The average Bonchev–Trinajstić information content (AvgIpc) is 3.60. The molecule has 1 amide bonds. The highest BCUT2D eigenvalue weighted by atomic mass is 16.1. The maximum Gasteiger partial charge on any atom is 0.251 e. The molecule has 3 aromatic heterocycles. The largest absolute Gasteiger partial charge is 0.369 e. The summed E-state index contributed by atoms with van der Waals surface area (Å²) in [6.45, 7) is 3.25. The van der Waals surface area contributed by atoms with Crippen molar-refractivity contribution < 1.29 is 4.79 Å². The number of aromatic amines is 1. The van der Waals surface area contributed by atoms with Gasteiger partial charge in [-0.1, -0.05) is 48.9 Å². The van der Waals surface area contributed by atoms with Crippen LogP contribution in [0.3, 0.4) is 0 Å². The molecule has 0 saturated carbocycles. The summed E-state index contributed by atoms with van der Waals surface area (Å²) < 4.78 is 1.78. The Labute approximate surface area is 234 Å². The summed E-state index contributed by atoms with van der Waals surface area (Å²) in [4.78, 5) is 24.8. The Morgan fingerprint density at radius 1 is 1.02 bits per heavy atom. The molecule has 4 N–H and O–H groups in total. The number of fused-ring (bicyclic) bond motifs is 1.